The van der Waals surface area contributed by atoms with Gasteiger partial charge < -0.3 is 14.2 Å². The van der Waals surface area contributed by atoms with E-state index in [1.165, 1.54) is 0 Å². The summed E-state index contributed by atoms with van der Waals surface area (Å²) in [6.07, 6.45) is 2.87. The third-order valence-corrected chi connectivity index (χ3v) is 2.11. The van der Waals surface area contributed by atoms with Gasteiger partial charge in [0.2, 0.25) is 0 Å². The summed E-state index contributed by atoms with van der Waals surface area (Å²) in [4.78, 5) is 0. The van der Waals surface area contributed by atoms with Gasteiger partial charge in [-0.05, 0) is 19.3 Å². The third-order valence-electron chi connectivity index (χ3n) is 2.11. The molecule has 2 radical (unpaired) electrons. The topological polar surface area (TPSA) is 27.7 Å². The van der Waals surface area contributed by atoms with Crippen LogP contribution in [0.4, 0.5) is 0 Å². The summed E-state index contributed by atoms with van der Waals surface area (Å²) in [5, 5.41) is 0. The van der Waals surface area contributed by atoms with Gasteiger partial charge in [0.15, 0.2) is 0 Å². The van der Waals surface area contributed by atoms with Gasteiger partial charge in [0.05, 0.1) is 32.0 Å². The molecule has 0 aromatic heterocycles. The molecular weight excluding hydrogens is 228 g/mol. The lowest BCUT2D eigenvalue weighted by molar-refractivity contribution is 0.285. The second kappa shape index (κ2) is 8.67. The molecule has 0 heterocycles. The Hall–Kier alpha value is -1.38. The van der Waals surface area contributed by atoms with Crippen molar-refractivity contribution in [1.29, 1.82) is 0 Å². The maximum Gasteiger partial charge on any atom is 0.142 e. The Morgan fingerprint density at radius 1 is 0.778 bits per heavy atom. The van der Waals surface area contributed by atoms with Gasteiger partial charge in [-0.2, -0.15) is 0 Å². The van der Waals surface area contributed by atoms with E-state index in [2.05, 4.69) is 32.9 Å². The largest absolute Gasteiger partial charge is 0.493 e. The van der Waals surface area contributed by atoms with Crippen molar-refractivity contribution >= 4 is 0 Å². The van der Waals surface area contributed by atoms with Gasteiger partial charge in [-0.3, -0.25) is 0 Å². The highest BCUT2D eigenvalue weighted by molar-refractivity contribution is 5.39. The molecule has 100 valence electrons. The Labute approximate surface area is 110 Å². The molecule has 0 bridgehead atoms. The molecule has 0 aliphatic rings. The second-order valence-corrected chi connectivity index (χ2v) is 4.00. The lowest BCUT2D eigenvalue weighted by Crippen LogP contribution is -2.01. The first kappa shape index (κ1) is 14.7. The second-order valence-electron chi connectivity index (χ2n) is 4.00. The maximum absolute atomic E-state index is 5.56. The van der Waals surface area contributed by atoms with E-state index in [-0.39, 0.29) is 0 Å². The number of hydrogen-bond acceptors (Lipinski definition) is 3. The van der Waals surface area contributed by atoms with Crippen LogP contribution in [-0.2, 0) is 0 Å². The van der Waals surface area contributed by atoms with Crippen molar-refractivity contribution in [3.63, 3.8) is 0 Å². The van der Waals surface area contributed by atoms with E-state index in [4.69, 9.17) is 14.2 Å². The fourth-order valence-electron chi connectivity index (χ4n) is 1.30. The molecule has 1 aromatic rings. The maximum atomic E-state index is 5.56. The Morgan fingerprint density at radius 3 is 1.67 bits per heavy atom. The number of benzene rings is 1. The minimum absolute atomic E-state index is 0.566. The zero-order valence-electron chi connectivity index (χ0n) is 11.5. The number of hydrogen-bond donors (Lipinski definition) is 0. The lowest BCUT2D eigenvalue weighted by atomic mass is 10.3. The number of ether oxygens (including phenoxy) is 3. The van der Waals surface area contributed by atoms with Crippen LogP contribution in [0.15, 0.2) is 6.07 Å². The van der Waals surface area contributed by atoms with Crippen LogP contribution in [-0.4, -0.2) is 19.8 Å². The molecule has 0 fully saturated rings. The fraction of sp³-hybridized carbons (Fsp3) is 0.600. The Morgan fingerprint density at radius 2 is 1.22 bits per heavy atom. The van der Waals surface area contributed by atoms with Crippen LogP contribution in [0.5, 0.6) is 17.2 Å². The van der Waals surface area contributed by atoms with Gasteiger partial charge in [0.1, 0.15) is 17.2 Å². The summed E-state index contributed by atoms with van der Waals surface area (Å²) < 4.78 is 16.6. The SMILES string of the molecule is CCCOc1[c]c(OCCC)cc(OCCC)[c]1. The first-order chi connectivity index (χ1) is 8.80. The van der Waals surface area contributed by atoms with Gasteiger partial charge >= 0.3 is 0 Å². The van der Waals surface area contributed by atoms with Crippen LogP contribution >= 0.6 is 0 Å². The molecule has 0 N–H and O–H groups in total. The van der Waals surface area contributed by atoms with Crippen molar-refractivity contribution in [3.8, 4) is 17.2 Å². The Balaban J connectivity index is 2.74. The van der Waals surface area contributed by atoms with Crippen LogP contribution in [0.2, 0.25) is 0 Å². The predicted molar refractivity (Wildman–Crippen MR) is 71.5 cm³/mol. The Kier molecular flexibility index (Phi) is 7.07. The van der Waals surface area contributed by atoms with Gasteiger partial charge in [-0.15, -0.1) is 0 Å². The highest BCUT2D eigenvalue weighted by atomic mass is 16.5. The van der Waals surface area contributed by atoms with E-state index < -0.39 is 0 Å². The smallest absolute Gasteiger partial charge is 0.142 e. The molecule has 0 atom stereocenters. The first-order valence-corrected chi connectivity index (χ1v) is 6.68. The molecule has 0 saturated heterocycles. The predicted octanol–water partition coefficient (Wildman–Crippen LogP) is 3.65. The zero-order valence-corrected chi connectivity index (χ0v) is 11.5. The summed E-state index contributed by atoms with van der Waals surface area (Å²) >= 11 is 0. The summed E-state index contributed by atoms with van der Waals surface area (Å²) in [7, 11) is 0. The van der Waals surface area contributed by atoms with Gasteiger partial charge in [0, 0.05) is 6.07 Å². The summed E-state index contributed by atoms with van der Waals surface area (Å²) in [6, 6.07) is 7.91. The fourth-order valence-corrected chi connectivity index (χ4v) is 1.30. The average Bonchev–Trinajstić information content (AvgIpc) is 2.40. The Bertz CT molecular complexity index is 272. The van der Waals surface area contributed by atoms with E-state index in [0.29, 0.717) is 37.1 Å². The molecule has 0 unspecified atom stereocenters. The minimum atomic E-state index is 0.566. The minimum Gasteiger partial charge on any atom is -0.493 e. The van der Waals surface area contributed by atoms with Crippen LogP contribution < -0.4 is 14.2 Å². The highest BCUT2D eigenvalue weighted by Gasteiger charge is 2.05. The van der Waals surface area contributed by atoms with Crippen molar-refractivity contribution in [3.05, 3.63) is 18.2 Å². The monoisotopic (exact) mass is 250 g/mol. The molecule has 18 heavy (non-hydrogen) atoms. The van der Waals surface area contributed by atoms with Gasteiger partial charge in [0.25, 0.3) is 0 Å². The van der Waals surface area contributed by atoms with Crippen LogP contribution in [0, 0.1) is 12.1 Å². The van der Waals surface area contributed by atoms with Crippen molar-refractivity contribution in [2.24, 2.45) is 0 Å². The lowest BCUT2D eigenvalue weighted by Gasteiger charge is -2.11. The first-order valence-electron chi connectivity index (χ1n) is 6.68. The molecule has 0 aliphatic heterocycles. The van der Waals surface area contributed by atoms with Crippen molar-refractivity contribution in [1.82, 2.24) is 0 Å². The van der Waals surface area contributed by atoms with Crippen molar-refractivity contribution in [2.45, 2.75) is 40.0 Å². The molecule has 0 saturated carbocycles. The van der Waals surface area contributed by atoms with E-state index in [1.54, 1.807) is 0 Å². The summed E-state index contributed by atoms with van der Waals surface area (Å²) in [6.45, 7) is 8.18. The number of rotatable bonds is 9. The van der Waals surface area contributed by atoms with E-state index in [0.717, 1.165) is 19.3 Å². The molecule has 0 amide bonds. The van der Waals surface area contributed by atoms with Crippen molar-refractivity contribution < 1.29 is 14.2 Å². The average molecular weight is 250 g/mol. The summed E-state index contributed by atoms with van der Waals surface area (Å²) in [5.74, 6) is 1.89. The molecule has 3 heteroatoms. The van der Waals surface area contributed by atoms with Crippen molar-refractivity contribution in [2.75, 3.05) is 19.8 Å². The standard InChI is InChI=1S/C15H22O3/c1-4-7-16-13-10-14(17-8-5-2)12-15(11-13)18-9-6-3/h10H,4-9H2,1-3H3. The molecular formula is C15H22O3. The zero-order chi connectivity index (χ0) is 13.2. The van der Waals surface area contributed by atoms with Crippen LogP contribution in [0.25, 0.3) is 0 Å². The van der Waals surface area contributed by atoms with Gasteiger partial charge in [-0.25, -0.2) is 0 Å². The van der Waals surface area contributed by atoms with Crippen LogP contribution in [0.3, 0.4) is 0 Å². The van der Waals surface area contributed by atoms with Gasteiger partial charge in [-0.1, -0.05) is 20.8 Å². The third kappa shape index (κ3) is 5.30. The van der Waals surface area contributed by atoms with Crippen LogP contribution in [0.1, 0.15) is 40.0 Å². The van der Waals surface area contributed by atoms with E-state index in [1.807, 2.05) is 6.07 Å². The quantitative estimate of drug-likeness (QED) is 0.669. The molecule has 1 rings (SSSR count). The molecule has 0 aliphatic carbocycles. The molecule has 0 spiro atoms. The van der Waals surface area contributed by atoms with E-state index in [9.17, 15) is 0 Å². The highest BCUT2D eigenvalue weighted by Crippen LogP contribution is 2.26. The molecule has 1 aromatic carbocycles. The normalized spacial score (nSPS) is 10.2. The summed E-state index contributed by atoms with van der Waals surface area (Å²) in [5.41, 5.74) is 0. The van der Waals surface area contributed by atoms with E-state index >= 15 is 0 Å². The molecule has 3 nitrogen and oxygen atoms in total.